The molecular weight excluding hydrogens is 374 g/mol. The monoisotopic (exact) mass is 399 g/mol. The molecule has 4 atom stereocenters. The van der Waals surface area contributed by atoms with Crippen molar-refractivity contribution in [1.29, 1.82) is 0 Å². The van der Waals surface area contributed by atoms with E-state index >= 15 is 0 Å². The van der Waals surface area contributed by atoms with Crippen molar-refractivity contribution in [3.05, 3.63) is 23.8 Å². The molecule has 2 aliphatic rings. The molecular formula is C18H25NO7S. The average Bonchev–Trinajstić information content (AvgIpc) is 3.09. The summed E-state index contributed by atoms with van der Waals surface area (Å²) >= 11 is 0. The van der Waals surface area contributed by atoms with Gasteiger partial charge in [0.05, 0.1) is 17.9 Å². The van der Waals surface area contributed by atoms with Gasteiger partial charge in [0.1, 0.15) is 6.10 Å². The summed E-state index contributed by atoms with van der Waals surface area (Å²) in [5, 5.41) is 19.2. The quantitative estimate of drug-likeness (QED) is 0.534. The fourth-order valence-electron chi connectivity index (χ4n) is 3.80. The molecule has 1 heterocycles. The summed E-state index contributed by atoms with van der Waals surface area (Å²) in [5.41, 5.74) is 0.723. The Morgan fingerprint density at radius 1 is 1.37 bits per heavy atom. The first-order valence-electron chi connectivity index (χ1n) is 9.14. The maximum absolute atomic E-state index is 12.4. The molecule has 1 aromatic rings. The SMILES string of the molecule is CCCCCS(=O)(=O)NC1C(O)CC2Oc3c(OCC(=O)O)cccc3C21. The first kappa shape index (κ1) is 19.9. The summed E-state index contributed by atoms with van der Waals surface area (Å²) in [7, 11) is -3.52. The van der Waals surface area contributed by atoms with Gasteiger partial charge in [0.25, 0.3) is 0 Å². The van der Waals surface area contributed by atoms with E-state index in [4.69, 9.17) is 14.6 Å². The van der Waals surface area contributed by atoms with Crippen LogP contribution in [-0.2, 0) is 14.8 Å². The maximum atomic E-state index is 12.4. The predicted octanol–water partition coefficient (Wildman–Crippen LogP) is 1.24. The summed E-state index contributed by atoms with van der Waals surface area (Å²) in [4.78, 5) is 10.8. The van der Waals surface area contributed by atoms with E-state index in [1.807, 2.05) is 6.92 Å². The van der Waals surface area contributed by atoms with E-state index in [-0.39, 0.29) is 17.8 Å². The fraction of sp³-hybridized carbons (Fsp3) is 0.611. The van der Waals surface area contributed by atoms with Gasteiger partial charge in [-0.25, -0.2) is 17.9 Å². The van der Waals surface area contributed by atoms with Crippen molar-refractivity contribution in [2.45, 2.75) is 56.8 Å². The fourth-order valence-corrected chi connectivity index (χ4v) is 5.22. The van der Waals surface area contributed by atoms with Gasteiger partial charge in [0.2, 0.25) is 10.0 Å². The van der Waals surface area contributed by atoms with Crippen LogP contribution in [0.4, 0.5) is 0 Å². The summed E-state index contributed by atoms with van der Waals surface area (Å²) in [5.74, 6) is -0.681. The van der Waals surface area contributed by atoms with Crippen molar-refractivity contribution in [3.63, 3.8) is 0 Å². The lowest BCUT2D eigenvalue weighted by molar-refractivity contribution is -0.139. The number of rotatable bonds is 9. The van der Waals surface area contributed by atoms with Gasteiger partial charge in [-0.1, -0.05) is 31.9 Å². The zero-order valence-electron chi connectivity index (χ0n) is 15.1. The molecule has 1 aromatic carbocycles. The number of para-hydroxylation sites is 1. The number of aliphatic hydroxyl groups is 1. The van der Waals surface area contributed by atoms with Crippen LogP contribution in [0.25, 0.3) is 0 Å². The number of fused-ring (bicyclic) bond motifs is 3. The van der Waals surface area contributed by atoms with Crippen molar-refractivity contribution < 1.29 is 32.9 Å². The number of aliphatic hydroxyl groups excluding tert-OH is 1. The highest BCUT2D eigenvalue weighted by atomic mass is 32.2. The predicted molar refractivity (Wildman–Crippen MR) is 97.6 cm³/mol. The van der Waals surface area contributed by atoms with Crippen molar-refractivity contribution in [2.24, 2.45) is 0 Å². The van der Waals surface area contributed by atoms with Gasteiger partial charge in [-0.2, -0.15) is 0 Å². The number of nitrogens with one attached hydrogen (secondary N) is 1. The normalized spacial score (nSPS) is 26.3. The van der Waals surface area contributed by atoms with Gasteiger partial charge in [0.15, 0.2) is 18.1 Å². The van der Waals surface area contributed by atoms with Crippen LogP contribution in [0.2, 0.25) is 0 Å². The summed E-state index contributed by atoms with van der Waals surface area (Å²) in [6.45, 7) is 1.51. The molecule has 0 amide bonds. The number of aliphatic carboxylic acids is 1. The standard InChI is InChI=1S/C18H25NO7S/c1-2-3-4-8-27(23,24)19-17-12(20)9-14-16(17)11-6-5-7-13(18(11)26-14)25-10-15(21)22/h5-7,12,14,16-17,19-20H,2-4,8-10H2,1H3,(H,21,22). The molecule has 0 aromatic heterocycles. The number of carboxylic acids is 1. The highest BCUT2D eigenvalue weighted by Crippen LogP contribution is 2.50. The van der Waals surface area contributed by atoms with Crippen LogP contribution in [0.15, 0.2) is 18.2 Å². The number of unbranched alkanes of at least 4 members (excludes halogenated alkanes) is 2. The van der Waals surface area contributed by atoms with E-state index in [2.05, 4.69) is 4.72 Å². The van der Waals surface area contributed by atoms with E-state index in [1.165, 1.54) is 0 Å². The van der Waals surface area contributed by atoms with Crippen molar-refractivity contribution in [3.8, 4) is 11.5 Å². The number of ether oxygens (including phenoxy) is 2. The molecule has 1 aliphatic heterocycles. The second-order valence-corrected chi connectivity index (χ2v) is 8.89. The third-order valence-corrected chi connectivity index (χ3v) is 6.45. The first-order chi connectivity index (χ1) is 12.8. The third-order valence-electron chi connectivity index (χ3n) is 5.00. The Kier molecular flexibility index (Phi) is 5.92. The Morgan fingerprint density at radius 2 is 2.15 bits per heavy atom. The van der Waals surface area contributed by atoms with E-state index in [9.17, 15) is 18.3 Å². The number of hydrogen-bond acceptors (Lipinski definition) is 6. The minimum absolute atomic E-state index is 0.0247. The van der Waals surface area contributed by atoms with Gasteiger partial charge >= 0.3 is 5.97 Å². The molecule has 0 radical (unpaired) electrons. The summed E-state index contributed by atoms with van der Waals surface area (Å²) in [6, 6.07) is 4.43. The van der Waals surface area contributed by atoms with Crippen molar-refractivity contribution in [2.75, 3.05) is 12.4 Å². The Bertz CT molecular complexity index is 795. The van der Waals surface area contributed by atoms with Gasteiger partial charge in [-0.3, -0.25) is 0 Å². The summed E-state index contributed by atoms with van der Waals surface area (Å²) < 4.78 is 38.6. The van der Waals surface area contributed by atoms with Crippen LogP contribution in [0.1, 0.15) is 44.1 Å². The molecule has 0 spiro atoms. The first-order valence-corrected chi connectivity index (χ1v) is 10.8. The molecule has 0 bridgehead atoms. The molecule has 3 rings (SSSR count). The van der Waals surface area contributed by atoms with Crippen LogP contribution in [0.3, 0.4) is 0 Å². The van der Waals surface area contributed by atoms with Crippen LogP contribution in [0.5, 0.6) is 11.5 Å². The second kappa shape index (κ2) is 8.04. The number of carboxylic acid groups (broad SMARTS) is 1. The molecule has 3 N–H and O–H groups in total. The Hall–Kier alpha value is -1.84. The number of hydrogen-bond donors (Lipinski definition) is 3. The minimum Gasteiger partial charge on any atom is -0.485 e. The average molecular weight is 399 g/mol. The van der Waals surface area contributed by atoms with E-state index < -0.39 is 34.7 Å². The second-order valence-electron chi connectivity index (χ2n) is 7.01. The Balaban J connectivity index is 1.79. The molecule has 0 saturated heterocycles. The topological polar surface area (TPSA) is 122 Å². The Labute approximate surface area is 158 Å². The van der Waals surface area contributed by atoms with Gasteiger partial charge in [-0.15, -0.1) is 0 Å². The zero-order chi connectivity index (χ0) is 19.6. The maximum Gasteiger partial charge on any atom is 0.341 e. The molecule has 9 heteroatoms. The summed E-state index contributed by atoms with van der Waals surface area (Å²) in [6.07, 6.45) is 1.39. The minimum atomic E-state index is -3.52. The highest BCUT2D eigenvalue weighted by molar-refractivity contribution is 7.89. The number of carbonyl (C=O) groups is 1. The van der Waals surface area contributed by atoms with Crippen LogP contribution in [-0.4, -0.2) is 55.2 Å². The van der Waals surface area contributed by atoms with E-state index in [0.29, 0.717) is 24.3 Å². The van der Waals surface area contributed by atoms with Crippen LogP contribution in [0, 0.1) is 0 Å². The molecule has 1 fully saturated rings. The third kappa shape index (κ3) is 4.36. The van der Waals surface area contributed by atoms with Crippen LogP contribution < -0.4 is 14.2 Å². The molecule has 1 aliphatic carbocycles. The van der Waals surface area contributed by atoms with Crippen molar-refractivity contribution >= 4 is 16.0 Å². The van der Waals surface area contributed by atoms with E-state index in [0.717, 1.165) is 18.4 Å². The lowest BCUT2D eigenvalue weighted by Gasteiger charge is -2.22. The van der Waals surface area contributed by atoms with Gasteiger partial charge in [0, 0.05) is 17.9 Å². The molecule has 1 saturated carbocycles. The molecule has 8 nitrogen and oxygen atoms in total. The molecule has 4 unspecified atom stereocenters. The lowest BCUT2D eigenvalue weighted by Crippen LogP contribution is -2.44. The number of sulfonamides is 1. The zero-order valence-corrected chi connectivity index (χ0v) is 15.9. The molecule has 150 valence electrons. The lowest BCUT2D eigenvalue weighted by atomic mass is 9.94. The largest absolute Gasteiger partial charge is 0.485 e. The smallest absolute Gasteiger partial charge is 0.341 e. The van der Waals surface area contributed by atoms with E-state index in [1.54, 1.807) is 18.2 Å². The van der Waals surface area contributed by atoms with Gasteiger partial charge < -0.3 is 19.7 Å². The van der Waals surface area contributed by atoms with Crippen LogP contribution >= 0.6 is 0 Å². The molecule has 27 heavy (non-hydrogen) atoms. The number of benzene rings is 1. The Morgan fingerprint density at radius 3 is 2.85 bits per heavy atom. The highest BCUT2D eigenvalue weighted by Gasteiger charge is 2.51. The van der Waals surface area contributed by atoms with Gasteiger partial charge in [-0.05, 0) is 12.5 Å². The van der Waals surface area contributed by atoms with Crippen molar-refractivity contribution in [1.82, 2.24) is 4.72 Å².